The zero-order valence-electron chi connectivity index (χ0n) is 10.8. The first-order chi connectivity index (χ1) is 9.82. The molecule has 2 aromatic rings. The van der Waals surface area contributed by atoms with Crippen molar-refractivity contribution in [2.45, 2.75) is 11.4 Å². The van der Waals surface area contributed by atoms with Crippen molar-refractivity contribution in [1.82, 2.24) is 19.5 Å². The standard InChI is InChI=1S/C10H11N5O5S/c1-14(5-10-11-6-12-13-10)21(19,20)7-2-3-9(16)8(4-7)15(17)18/h2-4,6,16H,5H2,1H3,(H,11,12,13). The lowest BCUT2D eigenvalue weighted by atomic mass is 10.3. The molecule has 0 spiro atoms. The zero-order valence-corrected chi connectivity index (χ0v) is 11.6. The summed E-state index contributed by atoms with van der Waals surface area (Å²) in [4.78, 5) is 13.4. The highest BCUT2D eigenvalue weighted by atomic mass is 32.2. The van der Waals surface area contributed by atoms with Crippen molar-refractivity contribution < 1.29 is 18.4 Å². The highest BCUT2D eigenvalue weighted by Gasteiger charge is 2.25. The van der Waals surface area contributed by atoms with E-state index in [4.69, 9.17) is 0 Å². The molecule has 0 amide bonds. The fourth-order valence-electron chi connectivity index (χ4n) is 1.59. The smallest absolute Gasteiger partial charge is 0.312 e. The first-order valence-electron chi connectivity index (χ1n) is 5.60. The molecular weight excluding hydrogens is 302 g/mol. The maximum absolute atomic E-state index is 12.3. The number of sulfonamides is 1. The van der Waals surface area contributed by atoms with Crippen LogP contribution in [0.5, 0.6) is 5.75 Å². The average molecular weight is 313 g/mol. The van der Waals surface area contributed by atoms with Crippen LogP contribution in [0.2, 0.25) is 0 Å². The van der Waals surface area contributed by atoms with Crippen molar-refractivity contribution in [2.75, 3.05) is 7.05 Å². The fraction of sp³-hybridized carbons (Fsp3) is 0.200. The van der Waals surface area contributed by atoms with Crippen molar-refractivity contribution >= 4 is 15.7 Å². The Hall–Kier alpha value is -2.53. The number of rotatable bonds is 5. The average Bonchev–Trinajstić information content (AvgIpc) is 2.91. The predicted octanol–water partition coefficient (Wildman–Crippen LogP) is 0.239. The van der Waals surface area contributed by atoms with Crippen molar-refractivity contribution in [1.29, 1.82) is 0 Å². The van der Waals surface area contributed by atoms with Crippen LogP contribution in [0.25, 0.3) is 0 Å². The second kappa shape index (κ2) is 5.46. The first-order valence-corrected chi connectivity index (χ1v) is 7.04. The Bertz CT molecular complexity index is 758. The van der Waals surface area contributed by atoms with Gasteiger partial charge in [0.25, 0.3) is 0 Å². The lowest BCUT2D eigenvalue weighted by molar-refractivity contribution is -0.386. The zero-order chi connectivity index (χ0) is 15.6. The van der Waals surface area contributed by atoms with Gasteiger partial charge in [-0.05, 0) is 12.1 Å². The Balaban J connectivity index is 2.35. The van der Waals surface area contributed by atoms with Crippen molar-refractivity contribution in [2.24, 2.45) is 0 Å². The maximum atomic E-state index is 12.3. The van der Waals surface area contributed by atoms with Crippen LogP contribution in [0, 0.1) is 10.1 Å². The van der Waals surface area contributed by atoms with E-state index in [9.17, 15) is 23.6 Å². The van der Waals surface area contributed by atoms with Crippen LogP contribution < -0.4 is 0 Å². The van der Waals surface area contributed by atoms with Crippen LogP contribution in [-0.2, 0) is 16.6 Å². The number of aromatic nitrogens is 3. The number of hydrogen-bond acceptors (Lipinski definition) is 7. The number of nitro benzene ring substituents is 1. The molecule has 0 aliphatic carbocycles. The van der Waals surface area contributed by atoms with Gasteiger partial charge in [0, 0.05) is 13.1 Å². The van der Waals surface area contributed by atoms with Gasteiger partial charge in [0.1, 0.15) is 12.2 Å². The molecule has 11 heteroatoms. The molecule has 0 fully saturated rings. The molecule has 2 N–H and O–H groups in total. The molecule has 0 saturated heterocycles. The Morgan fingerprint density at radius 2 is 2.19 bits per heavy atom. The monoisotopic (exact) mass is 313 g/mol. The molecule has 2 rings (SSSR count). The fourth-order valence-corrected chi connectivity index (χ4v) is 2.75. The molecule has 1 aromatic heterocycles. The van der Waals surface area contributed by atoms with E-state index in [0.717, 1.165) is 22.5 Å². The molecule has 0 aliphatic rings. The van der Waals surface area contributed by atoms with Crippen molar-refractivity contribution in [3.63, 3.8) is 0 Å². The van der Waals surface area contributed by atoms with Gasteiger partial charge in [-0.1, -0.05) is 0 Å². The van der Waals surface area contributed by atoms with E-state index in [0.29, 0.717) is 5.82 Å². The quantitative estimate of drug-likeness (QED) is 0.594. The van der Waals surface area contributed by atoms with Crippen LogP contribution in [0.1, 0.15) is 5.82 Å². The largest absolute Gasteiger partial charge is 0.502 e. The number of aromatic hydroxyl groups is 1. The molecule has 1 heterocycles. The Morgan fingerprint density at radius 1 is 1.48 bits per heavy atom. The SMILES string of the molecule is CN(Cc1ncn[nH]1)S(=O)(=O)c1ccc(O)c([N+](=O)[O-])c1. The minimum Gasteiger partial charge on any atom is -0.502 e. The molecule has 0 unspecified atom stereocenters. The minimum atomic E-state index is -3.96. The summed E-state index contributed by atoms with van der Waals surface area (Å²) in [5.74, 6) is -0.272. The number of aromatic amines is 1. The number of H-pyrrole nitrogens is 1. The van der Waals surface area contributed by atoms with Gasteiger partial charge in [0.2, 0.25) is 10.0 Å². The van der Waals surface area contributed by atoms with Crippen LogP contribution in [0.3, 0.4) is 0 Å². The van der Waals surface area contributed by atoms with Gasteiger partial charge in [0.05, 0.1) is 16.4 Å². The van der Waals surface area contributed by atoms with Gasteiger partial charge in [-0.2, -0.15) is 9.40 Å². The van der Waals surface area contributed by atoms with E-state index in [1.807, 2.05) is 0 Å². The molecule has 0 bridgehead atoms. The predicted molar refractivity (Wildman–Crippen MR) is 69.8 cm³/mol. The number of benzene rings is 1. The third-order valence-corrected chi connectivity index (χ3v) is 4.49. The molecule has 112 valence electrons. The summed E-state index contributed by atoms with van der Waals surface area (Å²) in [6.45, 7) is -0.0724. The van der Waals surface area contributed by atoms with Gasteiger partial charge in [-0.3, -0.25) is 15.2 Å². The summed E-state index contributed by atoms with van der Waals surface area (Å²) >= 11 is 0. The third kappa shape index (κ3) is 2.98. The Labute approximate surface area is 119 Å². The number of nitrogens with one attached hydrogen (secondary N) is 1. The molecule has 0 aliphatic heterocycles. The molecule has 0 radical (unpaired) electrons. The van der Waals surface area contributed by atoms with Crippen LogP contribution >= 0.6 is 0 Å². The van der Waals surface area contributed by atoms with Gasteiger partial charge < -0.3 is 5.11 Å². The Kier molecular flexibility index (Phi) is 3.86. The molecule has 0 saturated carbocycles. The van der Waals surface area contributed by atoms with E-state index in [1.54, 1.807) is 0 Å². The second-order valence-corrected chi connectivity index (χ2v) is 6.15. The second-order valence-electron chi connectivity index (χ2n) is 4.10. The summed E-state index contributed by atoms with van der Waals surface area (Å²) in [6.07, 6.45) is 1.24. The van der Waals surface area contributed by atoms with Crippen LogP contribution in [0.15, 0.2) is 29.4 Å². The van der Waals surface area contributed by atoms with Crippen LogP contribution in [-0.4, -0.2) is 45.0 Å². The van der Waals surface area contributed by atoms with Gasteiger partial charge in [-0.25, -0.2) is 13.4 Å². The minimum absolute atomic E-state index is 0.0724. The molecule has 0 atom stereocenters. The van der Waals surface area contributed by atoms with Gasteiger partial charge in [-0.15, -0.1) is 0 Å². The molecular formula is C10H11N5O5S. The number of nitrogens with zero attached hydrogens (tertiary/aromatic N) is 4. The highest BCUT2D eigenvalue weighted by Crippen LogP contribution is 2.29. The summed E-state index contributed by atoms with van der Waals surface area (Å²) in [7, 11) is -2.66. The number of phenols is 1. The van der Waals surface area contributed by atoms with E-state index in [-0.39, 0.29) is 11.4 Å². The molecule has 1 aromatic carbocycles. The summed E-state index contributed by atoms with van der Waals surface area (Å²) < 4.78 is 25.6. The van der Waals surface area contributed by atoms with E-state index >= 15 is 0 Å². The van der Waals surface area contributed by atoms with Crippen molar-refractivity contribution in [3.05, 3.63) is 40.5 Å². The number of phenolic OH excluding ortho intramolecular Hbond substituents is 1. The first kappa shape index (κ1) is 14.9. The lowest BCUT2D eigenvalue weighted by Gasteiger charge is -2.15. The topological polar surface area (TPSA) is 142 Å². The summed E-state index contributed by atoms with van der Waals surface area (Å²) in [6, 6.07) is 2.86. The van der Waals surface area contributed by atoms with Gasteiger partial charge >= 0.3 is 5.69 Å². The Morgan fingerprint density at radius 3 is 2.76 bits per heavy atom. The highest BCUT2D eigenvalue weighted by molar-refractivity contribution is 7.89. The summed E-state index contributed by atoms with van der Waals surface area (Å²) in [5.41, 5.74) is -0.677. The number of hydrogen-bond donors (Lipinski definition) is 2. The third-order valence-electron chi connectivity index (χ3n) is 2.69. The lowest BCUT2D eigenvalue weighted by Crippen LogP contribution is -2.27. The normalized spacial score (nSPS) is 11.7. The van der Waals surface area contributed by atoms with E-state index in [1.165, 1.54) is 13.4 Å². The van der Waals surface area contributed by atoms with E-state index in [2.05, 4.69) is 15.2 Å². The summed E-state index contributed by atoms with van der Waals surface area (Å²) in [5, 5.41) is 26.2. The number of nitro groups is 1. The molecule has 21 heavy (non-hydrogen) atoms. The van der Waals surface area contributed by atoms with E-state index < -0.39 is 26.4 Å². The molecule has 10 nitrogen and oxygen atoms in total. The van der Waals surface area contributed by atoms with Crippen LogP contribution in [0.4, 0.5) is 5.69 Å². The maximum Gasteiger partial charge on any atom is 0.312 e. The van der Waals surface area contributed by atoms with Crippen molar-refractivity contribution in [3.8, 4) is 5.75 Å². The van der Waals surface area contributed by atoms with Gasteiger partial charge in [0.15, 0.2) is 5.75 Å².